The third-order valence-electron chi connectivity index (χ3n) is 4.70. The highest BCUT2D eigenvalue weighted by Crippen LogP contribution is 2.23. The van der Waals surface area contributed by atoms with Crippen molar-refractivity contribution in [1.29, 1.82) is 0 Å². The van der Waals surface area contributed by atoms with Crippen molar-refractivity contribution in [2.75, 3.05) is 37.7 Å². The largest absolute Gasteiger partial charge is 0.462 e. The molecule has 1 aliphatic rings. The maximum Gasteiger partial charge on any atom is 0.338 e. The van der Waals surface area contributed by atoms with Crippen LogP contribution in [0.4, 0.5) is 5.69 Å². The van der Waals surface area contributed by atoms with Crippen LogP contribution in [0.2, 0.25) is 0 Å². The van der Waals surface area contributed by atoms with Crippen molar-refractivity contribution >= 4 is 21.7 Å². The van der Waals surface area contributed by atoms with Gasteiger partial charge in [0.05, 0.1) is 17.1 Å². The summed E-state index contributed by atoms with van der Waals surface area (Å²) in [7, 11) is -3.58. The molecule has 0 unspecified atom stereocenters. The first-order valence-corrected chi connectivity index (χ1v) is 10.5. The van der Waals surface area contributed by atoms with E-state index in [-0.39, 0.29) is 11.5 Å². The minimum atomic E-state index is -3.58. The zero-order chi connectivity index (χ0) is 19.4. The number of carbonyl (C=O) groups excluding carboxylic acids is 1. The van der Waals surface area contributed by atoms with Crippen LogP contribution in [0.3, 0.4) is 0 Å². The summed E-state index contributed by atoms with van der Waals surface area (Å²) in [4.78, 5) is 14.1. The highest BCUT2D eigenvalue weighted by atomic mass is 32.2. The van der Waals surface area contributed by atoms with E-state index in [9.17, 15) is 13.2 Å². The Bertz CT molecular complexity index is 902. The second-order valence-electron chi connectivity index (χ2n) is 6.42. The van der Waals surface area contributed by atoms with Crippen molar-refractivity contribution in [1.82, 2.24) is 4.31 Å². The number of nitrogens with zero attached hydrogens (tertiary/aromatic N) is 2. The van der Waals surface area contributed by atoms with Gasteiger partial charge in [-0.1, -0.05) is 18.2 Å². The summed E-state index contributed by atoms with van der Waals surface area (Å²) in [6, 6.07) is 14.0. The van der Waals surface area contributed by atoms with Crippen molar-refractivity contribution in [3.8, 4) is 0 Å². The molecule has 3 rings (SSSR count). The average molecular weight is 388 g/mol. The van der Waals surface area contributed by atoms with Crippen LogP contribution in [0.5, 0.6) is 0 Å². The number of hydrogen-bond acceptors (Lipinski definition) is 5. The second-order valence-corrected chi connectivity index (χ2v) is 8.36. The molecule has 6 nitrogen and oxygen atoms in total. The SMILES string of the molecule is CCOC(=O)c1ccc(S(=O)(=O)N2CCN(c3ccccc3C)CC2)cc1. The number of benzene rings is 2. The quantitative estimate of drug-likeness (QED) is 0.737. The Hall–Kier alpha value is -2.38. The smallest absolute Gasteiger partial charge is 0.338 e. The minimum Gasteiger partial charge on any atom is -0.462 e. The molecule has 144 valence electrons. The molecule has 7 heteroatoms. The molecule has 0 bridgehead atoms. The lowest BCUT2D eigenvalue weighted by atomic mass is 10.1. The molecule has 1 heterocycles. The summed E-state index contributed by atoms with van der Waals surface area (Å²) in [6.45, 7) is 6.21. The molecule has 0 saturated carbocycles. The molecule has 0 radical (unpaired) electrons. The van der Waals surface area contributed by atoms with Crippen LogP contribution in [0.1, 0.15) is 22.8 Å². The van der Waals surface area contributed by atoms with E-state index in [1.165, 1.54) is 34.1 Å². The van der Waals surface area contributed by atoms with Gasteiger partial charge in [-0.3, -0.25) is 0 Å². The van der Waals surface area contributed by atoms with Gasteiger partial charge < -0.3 is 9.64 Å². The van der Waals surface area contributed by atoms with E-state index in [1.807, 2.05) is 12.1 Å². The molecule has 2 aromatic carbocycles. The van der Waals surface area contributed by atoms with Gasteiger partial charge in [0.1, 0.15) is 0 Å². The van der Waals surface area contributed by atoms with Crippen LogP contribution in [-0.4, -0.2) is 51.5 Å². The summed E-state index contributed by atoms with van der Waals surface area (Å²) < 4.78 is 32.2. The Kier molecular flexibility index (Phi) is 5.82. The van der Waals surface area contributed by atoms with Gasteiger partial charge in [0, 0.05) is 31.9 Å². The van der Waals surface area contributed by atoms with Crippen molar-refractivity contribution in [2.45, 2.75) is 18.7 Å². The number of carbonyl (C=O) groups is 1. The standard InChI is InChI=1S/C20H24N2O4S/c1-3-26-20(23)17-8-10-18(11-9-17)27(24,25)22-14-12-21(13-15-22)19-7-5-4-6-16(19)2/h4-11H,3,12-15H2,1-2H3. The zero-order valence-electron chi connectivity index (χ0n) is 15.6. The highest BCUT2D eigenvalue weighted by molar-refractivity contribution is 7.89. The number of ether oxygens (including phenoxy) is 1. The van der Waals surface area contributed by atoms with Crippen molar-refractivity contribution in [3.05, 3.63) is 59.7 Å². The van der Waals surface area contributed by atoms with E-state index >= 15 is 0 Å². The maximum atomic E-state index is 12.9. The van der Waals surface area contributed by atoms with Crippen LogP contribution < -0.4 is 4.90 Å². The average Bonchev–Trinajstić information content (AvgIpc) is 2.69. The lowest BCUT2D eigenvalue weighted by Gasteiger charge is -2.36. The zero-order valence-corrected chi connectivity index (χ0v) is 16.4. The second kappa shape index (κ2) is 8.10. The monoisotopic (exact) mass is 388 g/mol. The molecule has 0 amide bonds. The molecule has 0 aliphatic carbocycles. The first-order chi connectivity index (χ1) is 12.9. The summed E-state index contributed by atoms with van der Waals surface area (Å²) in [5.41, 5.74) is 2.68. The van der Waals surface area contributed by atoms with Gasteiger partial charge in [0.15, 0.2) is 0 Å². The predicted octanol–water partition coefficient (Wildman–Crippen LogP) is 2.68. The van der Waals surface area contributed by atoms with Gasteiger partial charge >= 0.3 is 5.97 Å². The Morgan fingerprint density at radius 3 is 2.22 bits per heavy atom. The van der Waals surface area contributed by atoms with E-state index in [4.69, 9.17) is 4.74 Å². The maximum absolute atomic E-state index is 12.9. The van der Waals surface area contributed by atoms with Crippen LogP contribution >= 0.6 is 0 Å². The number of piperazine rings is 1. The minimum absolute atomic E-state index is 0.194. The molecule has 1 fully saturated rings. The third-order valence-corrected chi connectivity index (χ3v) is 6.61. The lowest BCUT2D eigenvalue weighted by Crippen LogP contribution is -2.48. The van der Waals surface area contributed by atoms with Crippen LogP contribution in [-0.2, 0) is 14.8 Å². The fraction of sp³-hybridized carbons (Fsp3) is 0.350. The Labute approximate surface area is 160 Å². The fourth-order valence-corrected chi connectivity index (χ4v) is 4.64. The van der Waals surface area contributed by atoms with Gasteiger partial charge in [-0.2, -0.15) is 4.31 Å². The Morgan fingerprint density at radius 2 is 1.63 bits per heavy atom. The number of aryl methyl sites for hydroxylation is 1. The van der Waals surface area contributed by atoms with Crippen LogP contribution in [0.15, 0.2) is 53.4 Å². The topological polar surface area (TPSA) is 66.9 Å². The van der Waals surface area contributed by atoms with Gasteiger partial charge in [-0.25, -0.2) is 13.2 Å². The van der Waals surface area contributed by atoms with Crippen molar-refractivity contribution in [3.63, 3.8) is 0 Å². The lowest BCUT2D eigenvalue weighted by molar-refractivity contribution is 0.0526. The molecular weight excluding hydrogens is 364 g/mol. The predicted molar refractivity (Wildman–Crippen MR) is 105 cm³/mol. The summed E-state index contributed by atoms with van der Waals surface area (Å²) >= 11 is 0. The van der Waals surface area contributed by atoms with E-state index in [0.29, 0.717) is 31.7 Å². The number of hydrogen-bond donors (Lipinski definition) is 0. The number of rotatable bonds is 5. The summed E-state index contributed by atoms with van der Waals surface area (Å²) in [5, 5.41) is 0. The van der Waals surface area contributed by atoms with Gasteiger partial charge in [-0.15, -0.1) is 0 Å². The molecule has 0 atom stereocenters. The molecule has 0 N–H and O–H groups in total. The van der Waals surface area contributed by atoms with Crippen LogP contribution in [0.25, 0.3) is 0 Å². The first-order valence-electron chi connectivity index (χ1n) is 9.01. The van der Waals surface area contributed by atoms with Crippen molar-refractivity contribution in [2.24, 2.45) is 0 Å². The molecule has 0 spiro atoms. The van der Waals surface area contributed by atoms with E-state index in [2.05, 4.69) is 24.0 Å². The number of esters is 1. The summed E-state index contributed by atoms with van der Waals surface area (Å²) in [6.07, 6.45) is 0. The summed E-state index contributed by atoms with van der Waals surface area (Å²) in [5.74, 6) is -0.451. The third kappa shape index (κ3) is 4.14. The Morgan fingerprint density at radius 1 is 1.00 bits per heavy atom. The molecule has 27 heavy (non-hydrogen) atoms. The van der Waals surface area contributed by atoms with E-state index in [0.717, 1.165) is 5.69 Å². The van der Waals surface area contributed by atoms with E-state index < -0.39 is 16.0 Å². The van der Waals surface area contributed by atoms with Gasteiger partial charge in [0.2, 0.25) is 10.0 Å². The van der Waals surface area contributed by atoms with Crippen LogP contribution in [0, 0.1) is 6.92 Å². The van der Waals surface area contributed by atoms with Gasteiger partial charge in [-0.05, 0) is 49.7 Å². The highest BCUT2D eigenvalue weighted by Gasteiger charge is 2.29. The van der Waals surface area contributed by atoms with Gasteiger partial charge in [0.25, 0.3) is 0 Å². The molecule has 0 aromatic heterocycles. The Balaban J connectivity index is 1.70. The number of anilines is 1. The van der Waals surface area contributed by atoms with Crippen molar-refractivity contribution < 1.29 is 17.9 Å². The molecule has 2 aromatic rings. The fourth-order valence-electron chi connectivity index (χ4n) is 3.21. The molecule has 1 aliphatic heterocycles. The number of sulfonamides is 1. The molecule has 1 saturated heterocycles. The first kappa shape index (κ1) is 19.4. The molecular formula is C20H24N2O4S. The normalized spacial score (nSPS) is 15.6. The van der Waals surface area contributed by atoms with E-state index in [1.54, 1.807) is 6.92 Å². The number of para-hydroxylation sites is 1.